The summed E-state index contributed by atoms with van der Waals surface area (Å²) in [7, 11) is 0. The van der Waals surface area contributed by atoms with Gasteiger partial charge in [0.05, 0.1) is 11.8 Å². The Hall–Kier alpha value is -2.41. The average molecular weight is 328 g/mol. The molecule has 0 aromatic rings. The normalized spacial score (nSPS) is 40.2. The second-order valence-corrected chi connectivity index (χ2v) is 7.32. The summed E-state index contributed by atoms with van der Waals surface area (Å²) >= 11 is 1.06. The van der Waals surface area contributed by atoms with Crippen LogP contribution in [0.1, 0.15) is 0 Å². The quantitative estimate of drug-likeness (QED) is 0.696. The van der Waals surface area contributed by atoms with E-state index in [1.54, 1.807) is 48.6 Å². The second-order valence-electron chi connectivity index (χ2n) is 5.77. The molecule has 23 heavy (non-hydrogen) atoms. The van der Waals surface area contributed by atoms with Gasteiger partial charge in [0.2, 0.25) is 23.6 Å². The minimum Gasteiger partial charge on any atom is -0.294 e. The number of allylic oxidation sites excluding steroid dienone is 4. The molecular formula is C16H12N2O4S. The molecule has 6 nitrogen and oxygen atoms in total. The van der Waals surface area contributed by atoms with E-state index < -0.39 is 45.0 Å². The van der Waals surface area contributed by atoms with Gasteiger partial charge in [-0.25, -0.2) is 0 Å². The predicted molar refractivity (Wildman–Crippen MR) is 82.9 cm³/mol. The topological polar surface area (TPSA) is 92.3 Å². The molecule has 0 aromatic heterocycles. The van der Waals surface area contributed by atoms with Crippen LogP contribution in [0.5, 0.6) is 0 Å². The highest BCUT2D eigenvalue weighted by molar-refractivity contribution is 8.04. The van der Waals surface area contributed by atoms with Crippen molar-refractivity contribution >= 4 is 35.4 Å². The number of imide groups is 2. The number of hydrogen-bond donors (Lipinski definition) is 2. The molecule has 116 valence electrons. The average Bonchev–Trinajstić information content (AvgIpc) is 2.92. The summed E-state index contributed by atoms with van der Waals surface area (Å²) in [4.78, 5) is 49.1. The smallest absolute Gasteiger partial charge is 0.247 e. The van der Waals surface area contributed by atoms with Crippen LogP contribution in [0.25, 0.3) is 0 Å². The third-order valence-corrected chi connectivity index (χ3v) is 6.35. The second kappa shape index (κ2) is 4.55. The van der Waals surface area contributed by atoms with Gasteiger partial charge in [-0.1, -0.05) is 48.6 Å². The predicted octanol–water partition coefficient (Wildman–Crippen LogP) is -0.00560. The first-order valence-corrected chi connectivity index (χ1v) is 7.94. The van der Waals surface area contributed by atoms with E-state index in [0.29, 0.717) is 0 Å². The van der Waals surface area contributed by atoms with Crippen molar-refractivity contribution in [1.29, 1.82) is 0 Å². The van der Waals surface area contributed by atoms with Gasteiger partial charge < -0.3 is 0 Å². The molecule has 0 spiro atoms. The number of thioether (sulfide) groups is 1. The lowest BCUT2D eigenvalue weighted by Gasteiger charge is -2.37. The summed E-state index contributed by atoms with van der Waals surface area (Å²) in [6, 6.07) is 0. The molecule has 2 N–H and O–H groups in total. The first-order chi connectivity index (χ1) is 11.0. The molecule has 4 aliphatic rings. The highest BCUT2D eigenvalue weighted by Gasteiger charge is 2.63. The van der Waals surface area contributed by atoms with Crippen molar-refractivity contribution in [3.8, 4) is 0 Å². The van der Waals surface area contributed by atoms with Gasteiger partial charge in [-0.2, -0.15) is 0 Å². The molecule has 2 aliphatic heterocycles. The van der Waals surface area contributed by atoms with Gasteiger partial charge in [0.15, 0.2) is 0 Å². The molecule has 4 rings (SSSR count). The molecule has 0 aromatic carbocycles. The van der Waals surface area contributed by atoms with E-state index in [0.717, 1.165) is 11.8 Å². The SMILES string of the molecule is O=C1NC(=O)C2(SC34C=CC=CC3C(=O)NC4=O)C=CC=CC12. The molecule has 2 saturated heterocycles. The zero-order valence-corrected chi connectivity index (χ0v) is 12.6. The molecule has 7 heteroatoms. The number of hydrogen-bond acceptors (Lipinski definition) is 5. The highest BCUT2D eigenvalue weighted by Crippen LogP contribution is 2.53. The summed E-state index contributed by atoms with van der Waals surface area (Å²) in [5.41, 5.74) is 0. The van der Waals surface area contributed by atoms with Crippen LogP contribution >= 0.6 is 11.8 Å². The number of rotatable bonds is 2. The first-order valence-electron chi connectivity index (χ1n) is 7.12. The Bertz CT molecular complexity index is 717. The van der Waals surface area contributed by atoms with Gasteiger partial charge in [0.1, 0.15) is 9.49 Å². The van der Waals surface area contributed by atoms with Crippen LogP contribution < -0.4 is 10.6 Å². The Morgan fingerprint density at radius 1 is 0.739 bits per heavy atom. The lowest BCUT2D eigenvalue weighted by Crippen LogP contribution is -2.48. The van der Waals surface area contributed by atoms with Crippen molar-refractivity contribution in [1.82, 2.24) is 10.6 Å². The number of carbonyl (C=O) groups excluding carboxylic acids is 4. The van der Waals surface area contributed by atoms with Crippen LogP contribution in [0.4, 0.5) is 0 Å². The van der Waals surface area contributed by atoms with Crippen molar-refractivity contribution in [2.45, 2.75) is 9.49 Å². The molecule has 2 fully saturated rings. The van der Waals surface area contributed by atoms with Crippen molar-refractivity contribution in [2.75, 3.05) is 0 Å². The highest BCUT2D eigenvalue weighted by atomic mass is 32.2. The Kier molecular flexibility index (Phi) is 2.81. The molecule has 4 unspecified atom stereocenters. The van der Waals surface area contributed by atoms with Gasteiger partial charge in [0, 0.05) is 0 Å². The van der Waals surface area contributed by atoms with Gasteiger partial charge in [-0.3, -0.25) is 29.8 Å². The van der Waals surface area contributed by atoms with Crippen molar-refractivity contribution < 1.29 is 19.2 Å². The minimum atomic E-state index is -1.22. The van der Waals surface area contributed by atoms with Crippen LogP contribution in [-0.2, 0) is 19.2 Å². The molecule has 2 heterocycles. The molecule has 0 saturated carbocycles. The maximum atomic E-state index is 12.5. The number of fused-ring (bicyclic) bond motifs is 2. The van der Waals surface area contributed by atoms with Crippen molar-refractivity contribution in [3.63, 3.8) is 0 Å². The van der Waals surface area contributed by atoms with Crippen molar-refractivity contribution in [3.05, 3.63) is 48.6 Å². The lowest BCUT2D eigenvalue weighted by atomic mass is 9.88. The summed E-state index contributed by atoms with van der Waals surface area (Å²) < 4.78 is -2.44. The largest absolute Gasteiger partial charge is 0.294 e. The summed E-state index contributed by atoms with van der Waals surface area (Å²) in [6.07, 6.45) is 13.3. The zero-order chi connectivity index (χ0) is 16.2. The number of amides is 4. The molecule has 0 radical (unpaired) electrons. The van der Waals surface area contributed by atoms with E-state index in [4.69, 9.17) is 0 Å². The van der Waals surface area contributed by atoms with E-state index >= 15 is 0 Å². The Labute approximate surface area is 135 Å². The monoisotopic (exact) mass is 328 g/mol. The van der Waals surface area contributed by atoms with Gasteiger partial charge >= 0.3 is 0 Å². The number of carbonyl (C=O) groups is 4. The third-order valence-electron chi connectivity index (χ3n) is 4.53. The first kappa shape index (κ1) is 14.2. The summed E-state index contributed by atoms with van der Waals surface area (Å²) in [5, 5.41) is 4.66. The molecule has 2 aliphatic carbocycles. The molecule has 4 amide bonds. The fraction of sp³-hybridized carbons (Fsp3) is 0.250. The van der Waals surface area contributed by atoms with Gasteiger partial charge in [-0.05, 0) is 0 Å². The Balaban J connectivity index is 1.82. The van der Waals surface area contributed by atoms with Gasteiger partial charge in [0.25, 0.3) is 0 Å². The fourth-order valence-corrected chi connectivity index (χ4v) is 5.15. The Morgan fingerprint density at radius 2 is 1.17 bits per heavy atom. The standard InChI is InChI=1S/C16H12N2O4S/c19-11-9-5-1-3-7-15(9,13(21)17-11)23-16-8-4-2-6-10(16)12(20)18-14(16)22/h1-10H,(H,17,19,21)(H,18,20,22). The van der Waals surface area contributed by atoms with Crippen molar-refractivity contribution in [2.24, 2.45) is 11.8 Å². The maximum Gasteiger partial charge on any atom is 0.247 e. The third kappa shape index (κ3) is 1.71. The summed E-state index contributed by atoms with van der Waals surface area (Å²) in [5.74, 6) is -3.08. The van der Waals surface area contributed by atoms with Crippen LogP contribution in [0.15, 0.2) is 48.6 Å². The maximum absolute atomic E-state index is 12.5. The molecule has 4 atom stereocenters. The van der Waals surface area contributed by atoms with Gasteiger partial charge in [-0.15, -0.1) is 11.8 Å². The minimum absolute atomic E-state index is 0.392. The van der Waals surface area contributed by atoms with E-state index in [9.17, 15) is 19.2 Å². The number of nitrogens with one attached hydrogen (secondary N) is 2. The molecule has 0 bridgehead atoms. The molecular weight excluding hydrogens is 316 g/mol. The summed E-state index contributed by atoms with van der Waals surface area (Å²) in [6.45, 7) is 0. The van der Waals surface area contributed by atoms with Crippen LogP contribution in [0.3, 0.4) is 0 Å². The fourth-order valence-electron chi connectivity index (χ4n) is 3.38. The van der Waals surface area contributed by atoms with Crippen LogP contribution in [0, 0.1) is 11.8 Å². The van der Waals surface area contributed by atoms with Crippen LogP contribution in [-0.4, -0.2) is 33.1 Å². The Morgan fingerprint density at radius 3 is 1.61 bits per heavy atom. The lowest BCUT2D eigenvalue weighted by molar-refractivity contribution is -0.127. The van der Waals surface area contributed by atoms with E-state index in [-0.39, 0.29) is 0 Å². The van der Waals surface area contributed by atoms with E-state index in [1.165, 1.54) is 0 Å². The van der Waals surface area contributed by atoms with Crippen LogP contribution in [0.2, 0.25) is 0 Å². The van der Waals surface area contributed by atoms with E-state index in [2.05, 4.69) is 10.6 Å². The zero-order valence-electron chi connectivity index (χ0n) is 11.8. The van der Waals surface area contributed by atoms with E-state index in [1.807, 2.05) is 0 Å².